The van der Waals surface area contributed by atoms with Crippen LogP contribution in [0.15, 0.2) is 23.1 Å². The molecule has 0 saturated heterocycles. The number of aryl methyl sites for hydroxylation is 1. The van der Waals surface area contributed by atoms with Crippen molar-refractivity contribution in [2.24, 2.45) is 0 Å². The van der Waals surface area contributed by atoms with Crippen molar-refractivity contribution < 1.29 is 9.47 Å². The van der Waals surface area contributed by atoms with Gasteiger partial charge in [-0.05, 0) is 12.5 Å². The second-order valence-electron chi connectivity index (χ2n) is 3.73. The molecule has 96 valence electrons. The molecule has 5 heteroatoms. The summed E-state index contributed by atoms with van der Waals surface area (Å²) in [6.45, 7) is 3.31. The van der Waals surface area contributed by atoms with Crippen LogP contribution in [0.2, 0.25) is 0 Å². The van der Waals surface area contributed by atoms with E-state index in [0.717, 1.165) is 18.7 Å². The van der Waals surface area contributed by atoms with Crippen LogP contribution >= 0.6 is 0 Å². The average Bonchev–Trinajstić information content (AvgIpc) is 2.34. The van der Waals surface area contributed by atoms with E-state index in [1.54, 1.807) is 30.9 Å². The SMILES string of the molecule is CCCn1cc(NCC(OC)OC)ccc1=O. The van der Waals surface area contributed by atoms with Gasteiger partial charge in [0.05, 0.1) is 12.2 Å². The molecular weight excluding hydrogens is 220 g/mol. The summed E-state index contributed by atoms with van der Waals surface area (Å²) < 4.78 is 11.8. The van der Waals surface area contributed by atoms with E-state index in [0.29, 0.717) is 6.54 Å². The molecule has 0 aromatic carbocycles. The van der Waals surface area contributed by atoms with Gasteiger partial charge in [-0.2, -0.15) is 0 Å². The minimum absolute atomic E-state index is 0.0208. The Morgan fingerprint density at radius 2 is 2.06 bits per heavy atom. The molecule has 1 N–H and O–H groups in total. The number of nitrogens with one attached hydrogen (secondary N) is 1. The van der Waals surface area contributed by atoms with Crippen molar-refractivity contribution in [2.45, 2.75) is 26.2 Å². The number of nitrogens with zero attached hydrogens (tertiary/aromatic N) is 1. The van der Waals surface area contributed by atoms with E-state index >= 15 is 0 Å². The molecule has 0 atom stereocenters. The van der Waals surface area contributed by atoms with Gasteiger partial charge in [-0.15, -0.1) is 0 Å². The second-order valence-corrected chi connectivity index (χ2v) is 3.73. The molecule has 0 spiro atoms. The van der Waals surface area contributed by atoms with Gasteiger partial charge < -0.3 is 19.4 Å². The van der Waals surface area contributed by atoms with Gasteiger partial charge in [0.1, 0.15) is 0 Å². The topological polar surface area (TPSA) is 52.5 Å². The van der Waals surface area contributed by atoms with Crippen molar-refractivity contribution in [3.63, 3.8) is 0 Å². The normalized spacial score (nSPS) is 10.8. The smallest absolute Gasteiger partial charge is 0.250 e. The lowest BCUT2D eigenvalue weighted by atomic mass is 10.3. The Morgan fingerprint density at radius 1 is 1.35 bits per heavy atom. The van der Waals surface area contributed by atoms with Crippen LogP contribution in [0.25, 0.3) is 0 Å². The number of methoxy groups -OCH3 is 2. The molecule has 1 heterocycles. The van der Waals surface area contributed by atoms with Crippen LogP contribution in [0.4, 0.5) is 5.69 Å². The van der Waals surface area contributed by atoms with Crippen molar-refractivity contribution in [1.82, 2.24) is 4.57 Å². The highest BCUT2D eigenvalue weighted by atomic mass is 16.7. The lowest BCUT2D eigenvalue weighted by Gasteiger charge is -2.15. The highest BCUT2D eigenvalue weighted by Gasteiger charge is 2.04. The molecule has 17 heavy (non-hydrogen) atoms. The Labute approximate surface area is 101 Å². The average molecular weight is 240 g/mol. The van der Waals surface area contributed by atoms with Gasteiger partial charge in [0, 0.05) is 33.0 Å². The van der Waals surface area contributed by atoms with E-state index in [4.69, 9.17) is 9.47 Å². The second kappa shape index (κ2) is 7.09. The predicted molar refractivity (Wildman–Crippen MR) is 67.3 cm³/mol. The summed E-state index contributed by atoms with van der Waals surface area (Å²) in [5.41, 5.74) is 0.907. The first-order chi connectivity index (χ1) is 8.21. The summed E-state index contributed by atoms with van der Waals surface area (Å²) in [5, 5.41) is 3.16. The van der Waals surface area contributed by atoms with Crippen molar-refractivity contribution in [1.29, 1.82) is 0 Å². The van der Waals surface area contributed by atoms with E-state index in [-0.39, 0.29) is 11.8 Å². The standard InChI is InChI=1S/C12H20N2O3/c1-4-7-14-9-10(5-6-11(14)15)13-8-12(16-2)17-3/h5-6,9,12-13H,4,7-8H2,1-3H3. The summed E-state index contributed by atoms with van der Waals surface area (Å²) in [6, 6.07) is 3.32. The van der Waals surface area contributed by atoms with Crippen molar-refractivity contribution >= 4 is 5.69 Å². The highest BCUT2D eigenvalue weighted by Crippen LogP contribution is 2.04. The molecule has 0 aliphatic rings. The van der Waals surface area contributed by atoms with Crippen molar-refractivity contribution in [3.05, 3.63) is 28.7 Å². The minimum atomic E-state index is -0.290. The largest absolute Gasteiger partial charge is 0.379 e. The number of hydrogen-bond acceptors (Lipinski definition) is 4. The Hall–Kier alpha value is -1.33. The highest BCUT2D eigenvalue weighted by molar-refractivity contribution is 5.40. The van der Waals surface area contributed by atoms with Crippen molar-refractivity contribution in [2.75, 3.05) is 26.1 Å². The predicted octanol–water partition coefficient (Wildman–Crippen LogP) is 1.29. The Morgan fingerprint density at radius 3 is 2.65 bits per heavy atom. The fourth-order valence-electron chi connectivity index (χ4n) is 1.52. The molecule has 0 amide bonds. The van der Waals surface area contributed by atoms with Gasteiger partial charge in [0.2, 0.25) is 0 Å². The summed E-state index contributed by atoms with van der Waals surface area (Å²) >= 11 is 0. The van der Waals surface area contributed by atoms with Crippen LogP contribution in [0.1, 0.15) is 13.3 Å². The molecule has 1 rings (SSSR count). The fourth-order valence-corrected chi connectivity index (χ4v) is 1.52. The van der Waals surface area contributed by atoms with E-state index in [1.807, 2.05) is 13.1 Å². The zero-order valence-corrected chi connectivity index (χ0v) is 10.6. The van der Waals surface area contributed by atoms with Gasteiger partial charge >= 0.3 is 0 Å². The van der Waals surface area contributed by atoms with Gasteiger partial charge in [-0.3, -0.25) is 4.79 Å². The minimum Gasteiger partial charge on any atom is -0.379 e. The van der Waals surface area contributed by atoms with Crippen molar-refractivity contribution in [3.8, 4) is 0 Å². The first-order valence-corrected chi connectivity index (χ1v) is 5.71. The molecule has 1 aromatic heterocycles. The third-order valence-electron chi connectivity index (χ3n) is 2.45. The number of aromatic nitrogens is 1. The number of ether oxygens (including phenoxy) is 2. The molecule has 0 fully saturated rings. The fraction of sp³-hybridized carbons (Fsp3) is 0.583. The van der Waals surface area contributed by atoms with Crippen LogP contribution < -0.4 is 10.9 Å². The summed E-state index contributed by atoms with van der Waals surface area (Å²) in [4.78, 5) is 11.5. The van der Waals surface area contributed by atoms with E-state index in [1.165, 1.54) is 0 Å². The summed E-state index contributed by atoms with van der Waals surface area (Å²) in [7, 11) is 3.18. The van der Waals surface area contributed by atoms with Crippen LogP contribution in [-0.2, 0) is 16.0 Å². The first kappa shape index (κ1) is 13.7. The van der Waals surface area contributed by atoms with Gasteiger partial charge in [-0.25, -0.2) is 0 Å². The summed E-state index contributed by atoms with van der Waals surface area (Å²) in [5.74, 6) is 0. The zero-order chi connectivity index (χ0) is 12.7. The van der Waals surface area contributed by atoms with Crippen LogP contribution in [0.3, 0.4) is 0 Å². The molecule has 5 nitrogen and oxygen atoms in total. The van der Waals surface area contributed by atoms with Crippen LogP contribution in [0, 0.1) is 0 Å². The molecule has 0 unspecified atom stereocenters. The maximum Gasteiger partial charge on any atom is 0.250 e. The third kappa shape index (κ3) is 4.20. The van der Waals surface area contributed by atoms with E-state index < -0.39 is 0 Å². The molecule has 0 radical (unpaired) electrons. The number of rotatable bonds is 7. The molecule has 0 aliphatic carbocycles. The number of anilines is 1. The Kier molecular flexibility index (Phi) is 5.72. The van der Waals surface area contributed by atoms with E-state index in [2.05, 4.69) is 5.32 Å². The Bertz CT molecular complexity index is 386. The van der Waals surface area contributed by atoms with Gasteiger partial charge in [0.25, 0.3) is 5.56 Å². The maximum atomic E-state index is 11.5. The van der Waals surface area contributed by atoms with Gasteiger partial charge in [0.15, 0.2) is 6.29 Å². The number of pyridine rings is 1. The van der Waals surface area contributed by atoms with E-state index in [9.17, 15) is 4.79 Å². The molecular formula is C12H20N2O3. The van der Waals surface area contributed by atoms with Crippen LogP contribution in [-0.4, -0.2) is 31.6 Å². The molecule has 0 saturated carbocycles. The lowest BCUT2D eigenvalue weighted by Crippen LogP contribution is -2.25. The molecule has 0 aliphatic heterocycles. The number of hydrogen-bond donors (Lipinski definition) is 1. The molecule has 0 bridgehead atoms. The monoisotopic (exact) mass is 240 g/mol. The zero-order valence-electron chi connectivity index (χ0n) is 10.6. The first-order valence-electron chi connectivity index (χ1n) is 5.71. The lowest BCUT2D eigenvalue weighted by molar-refractivity contribution is -0.0914. The van der Waals surface area contributed by atoms with Gasteiger partial charge in [-0.1, -0.05) is 6.92 Å². The molecule has 1 aromatic rings. The third-order valence-corrected chi connectivity index (χ3v) is 2.45. The Balaban J connectivity index is 2.65. The summed E-state index contributed by atoms with van der Waals surface area (Å²) in [6.07, 6.45) is 2.46. The van der Waals surface area contributed by atoms with Crippen LogP contribution in [0.5, 0.6) is 0 Å². The quantitative estimate of drug-likeness (QED) is 0.730. The maximum absolute atomic E-state index is 11.5.